The molecule has 1 rings (SSSR count). The first-order valence-corrected chi connectivity index (χ1v) is 6.38. The quantitative estimate of drug-likeness (QED) is 0.810. The third kappa shape index (κ3) is 5.61. The maximum atomic E-state index is 12.1. The number of benzene rings is 1. The van der Waals surface area contributed by atoms with Gasteiger partial charge in [0.2, 0.25) is 5.91 Å². The molecule has 1 unspecified atom stereocenters. The smallest absolute Gasteiger partial charge is 0.368 e. The number of carbonyl (C=O) groups excluding carboxylic acids is 1. The van der Waals surface area contributed by atoms with Crippen LogP contribution in [0.15, 0.2) is 30.3 Å². The van der Waals surface area contributed by atoms with E-state index in [9.17, 15) is 18.0 Å². The third-order valence-electron chi connectivity index (χ3n) is 3.21. The van der Waals surface area contributed by atoms with E-state index in [0.717, 1.165) is 5.56 Å². The van der Waals surface area contributed by atoms with Crippen LogP contribution in [0.3, 0.4) is 0 Å². The van der Waals surface area contributed by atoms with Crippen molar-refractivity contribution in [1.82, 2.24) is 5.32 Å². The molecule has 1 aromatic carbocycles. The summed E-state index contributed by atoms with van der Waals surface area (Å²) < 4.78 is 36.4. The zero-order valence-electron chi connectivity index (χ0n) is 11.3. The molecule has 1 aromatic rings. The molecule has 20 heavy (non-hydrogen) atoms. The van der Waals surface area contributed by atoms with Crippen LogP contribution in [0.25, 0.3) is 0 Å². The minimum Gasteiger partial charge on any atom is -0.368 e. The van der Waals surface area contributed by atoms with Gasteiger partial charge in [-0.05, 0) is 25.3 Å². The Hall–Kier alpha value is -1.56. The first-order valence-electron chi connectivity index (χ1n) is 6.38. The molecule has 112 valence electrons. The fraction of sp³-hybridized carbons (Fsp3) is 0.500. The Morgan fingerprint density at radius 1 is 1.20 bits per heavy atom. The lowest BCUT2D eigenvalue weighted by molar-refractivity contribution is -0.138. The molecule has 0 bridgehead atoms. The van der Waals surface area contributed by atoms with Gasteiger partial charge in [-0.15, -0.1) is 0 Å². The molecule has 6 heteroatoms. The number of hydrogen-bond acceptors (Lipinski definition) is 2. The summed E-state index contributed by atoms with van der Waals surface area (Å²) in [5, 5.41) is 2.96. The second-order valence-corrected chi connectivity index (χ2v) is 5.00. The first kappa shape index (κ1) is 16.5. The molecule has 1 amide bonds. The Bertz CT molecular complexity index is 434. The lowest BCUT2D eigenvalue weighted by Gasteiger charge is -2.28. The van der Waals surface area contributed by atoms with Gasteiger partial charge in [0.1, 0.15) is 0 Å². The molecule has 0 radical (unpaired) electrons. The number of carbonyl (C=O) groups is 1. The largest absolute Gasteiger partial charge is 0.389 e. The Balaban J connectivity index is 2.56. The van der Waals surface area contributed by atoms with Crippen LogP contribution in [-0.2, 0) is 11.3 Å². The number of amides is 1. The highest BCUT2D eigenvalue weighted by Gasteiger charge is 2.33. The third-order valence-corrected chi connectivity index (χ3v) is 3.21. The van der Waals surface area contributed by atoms with Gasteiger partial charge in [0, 0.05) is 13.0 Å². The summed E-state index contributed by atoms with van der Waals surface area (Å²) in [7, 11) is 0. The lowest BCUT2D eigenvalue weighted by atomic mass is 9.93. The van der Waals surface area contributed by atoms with Crippen molar-refractivity contribution in [1.29, 1.82) is 0 Å². The second-order valence-electron chi connectivity index (χ2n) is 5.00. The van der Waals surface area contributed by atoms with Gasteiger partial charge in [-0.3, -0.25) is 10.1 Å². The molecule has 0 aromatic heterocycles. The molecule has 0 heterocycles. The van der Waals surface area contributed by atoms with E-state index < -0.39 is 24.0 Å². The summed E-state index contributed by atoms with van der Waals surface area (Å²) in [4.78, 5) is 11.5. The molecule has 0 saturated carbocycles. The number of nitrogens with one attached hydrogen (secondary N) is 1. The van der Waals surface area contributed by atoms with Crippen LogP contribution in [0, 0.1) is 0 Å². The Morgan fingerprint density at radius 3 is 2.30 bits per heavy atom. The highest BCUT2D eigenvalue weighted by atomic mass is 19.4. The summed E-state index contributed by atoms with van der Waals surface area (Å²) in [6.07, 6.45) is -5.21. The predicted octanol–water partition coefficient (Wildman–Crippen LogP) is 2.75. The second kappa shape index (κ2) is 6.74. The number of rotatable bonds is 7. The molecular formula is C14H19F3N2O. The van der Waals surface area contributed by atoms with Crippen LogP contribution >= 0.6 is 0 Å². The van der Waals surface area contributed by atoms with Crippen molar-refractivity contribution < 1.29 is 18.0 Å². The van der Waals surface area contributed by atoms with Crippen LogP contribution in [0.2, 0.25) is 0 Å². The van der Waals surface area contributed by atoms with Crippen LogP contribution < -0.4 is 11.1 Å². The number of hydrogen-bond donors (Lipinski definition) is 2. The fourth-order valence-electron chi connectivity index (χ4n) is 1.83. The van der Waals surface area contributed by atoms with Crippen molar-refractivity contribution in [2.75, 3.05) is 0 Å². The van der Waals surface area contributed by atoms with E-state index >= 15 is 0 Å². The first-order chi connectivity index (χ1) is 9.23. The van der Waals surface area contributed by atoms with E-state index in [-0.39, 0.29) is 12.8 Å². The average Bonchev–Trinajstić information content (AvgIpc) is 2.36. The topological polar surface area (TPSA) is 55.1 Å². The van der Waals surface area contributed by atoms with Gasteiger partial charge in [0.15, 0.2) is 0 Å². The van der Waals surface area contributed by atoms with E-state index in [0.29, 0.717) is 6.54 Å². The van der Waals surface area contributed by atoms with Crippen molar-refractivity contribution in [3.63, 3.8) is 0 Å². The van der Waals surface area contributed by atoms with Crippen molar-refractivity contribution in [2.24, 2.45) is 5.73 Å². The molecule has 0 aliphatic heterocycles. The Labute approximate surface area is 116 Å². The van der Waals surface area contributed by atoms with Crippen molar-refractivity contribution in [3.05, 3.63) is 35.9 Å². The summed E-state index contributed by atoms with van der Waals surface area (Å²) in [5.74, 6) is -0.643. The van der Waals surface area contributed by atoms with Gasteiger partial charge < -0.3 is 5.73 Å². The van der Waals surface area contributed by atoms with E-state index in [2.05, 4.69) is 5.32 Å². The van der Waals surface area contributed by atoms with Crippen molar-refractivity contribution >= 4 is 5.91 Å². The molecule has 3 nitrogen and oxygen atoms in total. The van der Waals surface area contributed by atoms with Crippen LogP contribution in [0.1, 0.15) is 31.7 Å². The monoisotopic (exact) mass is 288 g/mol. The summed E-state index contributed by atoms with van der Waals surface area (Å²) >= 11 is 0. The number of nitrogens with two attached hydrogens (primary N) is 1. The Kier molecular flexibility index (Phi) is 5.56. The Morgan fingerprint density at radius 2 is 1.80 bits per heavy atom. The van der Waals surface area contributed by atoms with Gasteiger partial charge in [-0.25, -0.2) is 0 Å². The van der Waals surface area contributed by atoms with Crippen molar-refractivity contribution in [2.45, 2.75) is 44.4 Å². The molecule has 1 atom stereocenters. The zero-order valence-corrected chi connectivity index (χ0v) is 11.3. The highest BCUT2D eigenvalue weighted by Crippen LogP contribution is 2.25. The molecular weight excluding hydrogens is 269 g/mol. The molecule has 0 saturated heterocycles. The fourth-order valence-corrected chi connectivity index (χ4v) is 1.83. The van der Waals surface area contributed by atoms with E-state index in [1.54, 1.807) is 0 Å². The number of primary amides is 1. The predicted molar refractivity (Wildman–Crippen MR) is 70.8 cm³/mol. The average molecular weight is 288 g/mol. The zero-order chi connectivity index (χ0) is 15.2. The molecule has 0 fully saturated rings. The standard InChI is InChI=1S/C14H19F3N2O/c1-13(12(18)20,8-5-9-14(15,16)17)19-10-11-6-3-2-4-7-11/h2-4,6-7,19H,5,8-10H2,1H3,(H2,18,20). The number of halogens is 3. The summed E-state index contributed by atoms with van der Waals surface area (Å²) in [5.41, 5.74) is 5.11. The molecule has 0 spiro atoms. The lowest BCUT2D eigenvalue weighted by Crippen LogP contribution is -2.52. The van der Waals surface area contributed by atoms with Crippen molar-refractivity contribution in [3.8, 4) is 0 Å². The maximum absolute atomic E-state index is 12.1. The van der Waals surface area contributed by atoms with Gasteiger partial charge in [-0.2, -0.15) is 13.2 Å². The minimum atomic E-state index is -4.21. The van der Waals surface area contributed by atoms with Crippen LogP contribution in [0.5, 0.6) is 0 Å². The number of alkyl halides is 3. The van der Waals surface area contributed by atoms with Gasteiger partial charge in [0.05, 0.1) is 5.54 Å². The van der Waals surface area contributed by atoms with Crippen LogP contribution in [0.4, 0.5) is 13.2 Å². The van der Waals surface area contributed by atoms with E-state index in [1.165, 1.54) is 6.92 Å². The van der Waals surface area contributed by atoms with Gasteiger partial charge in [-0.1, -0.05) is 30.3 Å². The summed E-state index contributed by atoms with van der Waals surface area (Å²) in [6, 6.07) is 9.29. The molecule has 3 N–H and O–H groups in total. The van der Waals surface area contributed by atoms with Gasteiger partial charge in [0.25, 0.3) is 0 Å². The van der Waals surface area contributed by atoms with E-state index in [1.807, 2.05) is 30.3 Å². The normalized spacial score (nSPS) is 14.8. The summed E-state index contributed by atoms with van der Waals surface area (Å²) in [6.45, 7) is 1.92. The van der Waals surface area contributed by atoms with E-state index in [4.69, 9.17) is 5.73 Å². The SMILES string of the molecule is CC(CCCC(F)(F)F)(NCc1ccccc1)C(N)=O. The van der Waals surface area contributed by atoms with Crippen LogP contribution in [-0.4, -0.2) is 17.6 Å². The van der Waals surface area contributed by atoms with Gasteiger partial charge >= 0.3 is 6.18 Å². The molecule has 0 aliphatic rings. The maximum Gasteiger partial charge on any atom is 0.389 e. The molecule has 0 aliphatic carbocycles. The minimum absolute atomic E-state index is 0.0503. The highest BCUT2D eigenvalue weighted by molar-refractivity contribution is 5.84.